The number of benzene rings is 1. The number of rotatable bonds is 2. The third kappa shape index (κ3) is 2.57. The van der Waals surface area contributed by atoms with Crippen LogP contribution in [0.15, 0.2) is 30.3 Å². The van der Waals surface area contributed by atoms with Crippen LogP contribution in [-0.2, 0) is 0 Å². The molecule has 2 N–H and O–H groups in total. The molecular weight excluding hydrogens is 159 g/mol. The topological polar surface area (TPSA) is 41.1 Å². The Kier molecular flexibility index (Phi) is 3.07. The van der Waals surface area contributed by atoms with Crippen molar-refractivity contribution in [1.82, 2.24) is 5.32 Å². The van der Waals surface area contributed by atoms with Gasteiger partial charge in [-0.25, -0.2) is 9.18 Å². The normalized spacial score (nSPS) is 9.08. The number of nitrogens with one attached hydrogen (secondary N) is 2. The highest BCUT2D eigenvalue weighted by atomic mass is 19.1. The molecule has 1 aromatic rings. The standard InChI is InChI=1S/C8H9FN2O/c9-6-10-8(12)11-7-4-2-1-3-5-7/h1-5H,6H2,(H2,10,11,12). The van der Waals surface area contributed by atoms with E-state index >= 15 is 0 Å². The van der Waals surface area contributed by atoms with Crippen molar-refractivity contribution in [3.05, 3.63) is 30.3 Å². The number of hydrogen-bond acceptors (Lipinski definition) is 1. The summed E-state index contributed by atoms with van der Waals surface area (Å²) in [5.41, 5.74) is 0.642. The van der Waals surface area contributed by atoms with Gasteiger partial charge in [0.2, 0.25) is 0 Å². The molecule has 0 atom stereocenters. The number of halogens is 1. The summed E-state index contributed by atoms with van der Waals surface area (Å²) in [5.74, 6) is 0. The van der Waals surface area contributed by atoms with Crippen LogP contribution in [-0.4, -0.2) is 12.8 Å². The predicted molar refractivity (Wildman–Crippen MR) is 44.6 cm³/mol. The van der Waals surface area contributed by atoms with Crippen LogP contribution in [0.1, 0.15) is 0 Å². The van der Waals surface area contributed by atoms with E-state index in [9.17, 15) is 9.18 Å². The Morgan fingerprint density at radius 3 is 2.58 bits per heavy atom. The molecular formula is C8H9FN2O. The first-order chi connectivity index (χ1) is 5.83. The van der Waals surface area contributed by atoms with E-state index in [-0.39, 0.29) is 0 Å². The van der Waals surface area contributed by atoms with Gasteiger partial charge in [0.25, 0.3) is 0 Å². The number of para-hydroxylation sites is 1. The highest BCUT2D eigenvalue weighted by Crippen LogP contribution is 2.03. The molecule has 0 radical (unpaired) electrons. The number of amides is 2. The quantitative estimate of drug-likeness (QED) is 0.649. The summed E-state index contributed by atoms with van der Waals surface area (Å²) in [6.07, 6.45) is 0. The molecule has 64 valence electrons. The summed E-state index contributed by atoms with van der Waals surface area (Å²) in [7, 11) is 0. The van der Waals surface area contributed by atoms with E-state index < -0.39 is 12.8 Å². The Morgan fingerprint density at radius 2 is 2.00 bits per heavy atom. The van der Waals surface area contributed by atoms with E-state index in [1.165, 1.54) is 0 Å². The highest BCUT2D eigenvalue weighted by molar-refractivity contribution is 5.88. The number of carbonyl (C=O) groups is 1. The minimum Gasteiger partial charge on any atom is -0.310 e. The van der Waals surface area contributed by atoms with Gasteiger partial charge in [0.05, 0.1) is 0 Å². The molecule has 0 unspecified atom stereocenters. The van der Waals surface area contributed by atoms with Crippen molar-refractivity contribution in [1.29, 1.82) is 0 Å². The van der Waals surface area contributed by atoms with E-state index in [0.29, 0.717) is 5.69 Å². The first-order valence-corrected chi connectivity index (χ1v) is 3.49. The Hall–Kier alpha value is -1.58. The fourth-order valence-electron chi connectivity index (χ4n) is 0.757. The monoisotopic (exact) mass is 168 g/mol. The number of anilines is 1. The van der Waals surface area contributed by atoms with Gasteiger partial charge in [-0.1, -0.05) is 18.2 Å². The van der Waals surface area contributed by atoms with Crippen LogP contribution in [0, 0.1) is 0 Å². The second-order valence-corrected chi connectivity index (χ2v) is 2.13. The molecule has 0 saturated heterocycles. The molecule has 0 aromatic heterocycles. The van der Waals surface area contributed by atoms with Crippen LogP contribution >= 0.6 is 0 Å². The van der Waals surface area contributed by atoms with Crippen molar-refractivity contribution in [2.45, 2.75) is 0 Å². The van der Waals surface area contributed by atoms with E-state index in [1.54, 1.807) is 24.3 Å². The predicted octanol–water partition coefficient (Wildman–Crippen LogP) is 1.74. The Morgan fingerprint density at radius 1 is 1.33 bits per heavy atom. The summed E-state index contributed by atoms with van der Waals surface area (Å²) in [6, 6.07) is 8.30. The van der Waals surface area contributed by atoms with Crippen LogP contribution in [0.5, 0.6) is 0 Å². The maximum Gasteiger partial charge on any atom is 0.321 e. The third-order valence-corrected chi connectivity index (χ3v) is 1.26. The van der Waals surface area contributed by atoms with E-state index in [0.717, 1.165) is 0 Å². The summed E-state index contributed by atoms with van der Waals surface area (Å²) in [6.45, 7) is -0.862. The van der Waals surface area contributed by atoms with Gasteiger partial charge in [-0.2, -0.15) is 0 Å². The van der Waals surface area contributed by atoms with Crippen molar-refractivity contribution >= 4 is 11.7 Å². The van der Waals surface area contributed by atoms with Gasteiger partial charge in [-0.15, -0.1) is 0 Å². The first kappa shape index (κ1) is 8.52. The average molecular weight is 168 g/mol. The van der Waals surface area contributed by atoms with Crippen molar-refractivity contribution in [3.8, 4) is 0 Å². The average Bonchev–Trinajstić information content (AvgIpc) is 2.06. The number of alkyl halides is 1. The minimum absolute atomic E-state index is 0.538. The van der Waals surface area contributed by atoms with Gasteiger partial charge in [-0.3, -0.25) is 0 Å². The number of hydrogen-bond donors (Lipinski definition) is 2. The fourth-order valence-corrected chi connectivity index (χ4v) is 0.757. The summed E-state index contributed by atoms with van der Waals surface area (Å²) in [4.78, 5) is 10.8. The molecule has 3 nitrogen and oxygen atoms in total. The SMILES string of the molecule is O=C(NCF)Nc1ccccc1. The molecule has 0 heterocycles. The van der Waals surface area contributed by atoms with E-state index in [2.05, 4.69) is 5.32 Å². The Bertz CT molecular complexity index is 250. The molecule has 1 rings (SSSR count). The molecule has 1 aromatic carbocycles. The van der Waals surface area contributed by atoms with Crippen LogP contribution in [0.25, 0.3) is 0 Å². The zero-order valence-electron chi connectivity index (χ0n) is 6.38. The second kappa shape index (κ2) is 4.33. The maximum atomic E-state index is 11.6. The lowest BCUT2D eigenvalue weighted by Gasteiger charge is -2.03. The first-order valence-electron chi connectivity index (χ1n) is 3.49. The summed E-state index contributed by atoms with van der Waals surface area (Å²) in [5, 5.41) is 4.43. The largest absolute Gasteiger partial charge is 0.321 e. The Balaban J connectivity index is 2.47. The summed E-state index contributed by atoms with van der Waals surface area (Å²) >= 11 is 0. The van der Waals surface area contributed by atoms with Crippen LogP contribution < -0.4 is 10.6 Å². The second-order valence-electron chi connectivity index (χ2n) is 2.13. The molecule has 0 aliphatic heterocycles. The van der Waals surface area contributed by atoms with Gasteiger partial charge < -0.3 is 10.6 Å². The molecule has 0 saturated carbocycles. The van der Waals surface area contributed by atoms with Gasteiger partial charge in [-0.05, 0) is 12.1 Å². The molecule has 2 amide bonds. The van der Waals surface area contributed by atoms with Crippen LogP contribution in [0.3, 0.4) is 0 Å². The molecule has 0 spiro atoms. The smallest absolute Gasteiger partial charge is 0.310 e. The van der Waals surface area contributed by atoms with Crippen molar-refractivity contribution < 1.29 is 9.18 Å². The number of urea groups is 1. The van der Waals surface area contributed by atoms with Crippen LogP contribution in [0.4, 0.5) is 14.9 Å². The lowest BCUT2D eigenvalue weighted by Crippen LogP contribution is -2.27. The zero-order valence-corrected chi connectivity index (χ0v) is 6.38. The van der Waals surface area contributed by atoms with Crippen molar-refractivity contribution in [2.75, 3.05) is 12.1 Å². The van der Waals surface area contributed by atoms with Gasteiger partial charge in [0, 0.05) is 5.69 Å². The van der Waals surface area contributed by atoms with Gasteiger partial charge in [0.15, 0.2) is 6.80 Å². The van der Waals surface area contributed by atoms with E-state index in [4.69, 9.17) is 0 Å². The van der Waals surface area contributed by atoms with Gasteiger partial charge in [0.1, 0.15) is 0 Å². The van der Waals surface area contributed by atoms with Crippen molar-refractivity contribution in [3.63, 3.8) is 0 Å². The lowest BCUT2D eigenvalue weighted by molar-refractivity contribution is 0.247. The van der Waals surface area contributed by atoms with Crippen LogP contribution in [0.2, 0.25) is 0 Å². The van der Waals surface area contributed by atoms with Crippen molar-refractivity contribution in [2.24, 2.45) is 0 Å². The molecule has 4 heteroatoms. The summed E-state index contributed by atoms with van der Waals surface area (Å²) < 4.78 is 11.6. The maximum absolute atomic E-state index is 11.6. The molecule has 0 bridgehead atoms. The Labute approximate surface area is 69.6 Å². The fraction of sp³-hybridized carbons (Fsp3) is 0.125. The minimum atomic E-state index is -0.862. The van der Waals surface area contributed by atoms with E-state index in [1.807, 2.05) is 11.4 Å². The third-order valence-electron chi connectivity index (χ3n) is 1.26. The lowest BCUT2D eigenvalue weighted by atomic mass is 10.3. The number of carbonyl (C=O) groups excluding carboxylic acids is 1. The van der Waals surface area contributed by atoms with Gasteiger partial charge >= 0.3 is 6.03 Å². The molecule has 0 aliphatic rings. The molecule has 12 heavy (non-hydrogen) atoms. The zero-order chi connectivity index (χ0) is 8.81. The molecule has 0 fully saturated rings. The highest BCUT2D eigenvalue weighted by Gasteiger charge is 1.97. The molecule has 0 aliphatic carbocycles.